The molecule has 2 nitrogen and oxygen atoms in total. The van der Waals surface area contributed by atoms with E-state index in [0.29, 0.717) is 6.54 Å². The Hall–Kier alpha value is -1.09. The van der Waals surface area contributed by atoms with Crippen LogP contribution >= 0.6 is 0 Å². The summed E-state index contributed by atoms with van der Waals surface area (Å²) in [4.78, 5) is 2.06. The molecule has 1 heterocycles. The van der Waals surface area contributed by atoms with Crippen LogP contribution in [-0.4, -0.2) is 23.3 Å². The van der Waals surface area contributed by atoms with Gasteiger partial charge in [0.2, 0.25) is 0 Å². The summed E-state index contributed by atoms with van der Waals surface area (Å²) >= 11 is 0. The molecule has 0 aliphatic carbocycles. The molecule has 0 bridgehead atoms. The Labute approximate surface area is 89.3 Å². The highest BCUT2D eigenvalue weighted by Crippen LogP contribution is 2.33. The van der Waals surface area contributed by atoms with E-state index in [4.69, 9.17) is 0 Å². The zero-order valence-corrected chi connectivity index (χ0v) is 9.07. The predicted molar refractivity (Wildman–Crippen MR) is 58.4 cm³/mol. The number of halogens is 1. The molecule has 1 aromatic rings. The van der Waals surface area contributed by atoms with E-state index in [2.05, 4.69) is 18.7 Å². The van der Waals surface area contributed by atoms with Crippen molar-refractivity contribution in [2.24, 2.45) is 0 Å². The van der Waals surface area contributed by atoms with Crippen LogP contribution in [0.1, 0.15) is 20.3 Å². The number of anilines is 1. The fourth-order valence-corrected chi connectivity index (χ4v) is 2.31. The molecule has 1 N–H and O–H groups in total. The Morgan fingerprint density at radius 3 is 2.73 bits per heavy atom. The standard InChI is InChI=1S/C12H16FNO/c1-12(2)7-11(15)8-14(12)10-5-3-4-9(13)6-10/h3-6,11,15H,7-8H2,1-2H3. The third-order valence-corrected chi connectivity index (χ3v) is 2.98. The lowest BCUT2D eigenvalue weighted by Gasteiger charge is -2.33. The van der Waals surface area contributed by atoms with Crippen molar-refractivity contribution in [2.45, 2.75) is 31.9 Å². The first-order valence-corrected chi connectivity index (χ1v) is 5.20. The van der Waals surface area contributed by atoms with Gasteiger partial charge in [0, 0.05) is 17.8 Å². The number of nitrogens with zero attached hydrogens (tertiary/aromatic N) is 1. The van der Waals surface area contributed by atoms with Gasteiger partial charge >= 0.3 is 0 Å². The zero-order chi connectivity index (χ0) is 11.1. The Morgan fingerprint density at radius 2 is 2.20 bits per heavy atom. The molecule has 1 atom stereocenters. The molecule has 1 unspecified atom stereocenters. The van der Waals surface area contributed by atoms with Gasteiger partial charge in [0.05, 0.1) is 6.10 Å². The molecule has 0 saturated carbocycles. The van der Waals surface area contributed by atoms with Gasteiger partial charge in [-0.2, -0.15) is 0 Å². The number of hydrogen-bond acceptors (Lipinski definition) is 2. The van der Waals surface area contributed by atoms with Gasteiger partial charge in [-0.15, -0.1) is 0 Å². The van der Waals surface area contributed by atoms with Gasteiger partial charge in [-0.25, -0.2) is 4.39 Å². The first kappa shape index (κ1) is 10.4. The van der Waals surface area contributed by atoms with Crippen LogP contribution in [0.25, 0.3) is 0 Å². The molecule has 1 fully saturated rings. The number of benzene rings is 1. The van der Waals surface area contributed by atoms with E-state index in [1.165, 1.54) is 12.1 Å². The Balaban J connectivity index is 2.31. The second-order valence-electron chi connectivity index (χ2n) is 4.76. The summed E-state index contributed by atoms with van der Waals surface area (Å²) in [6.45, 7) is 4.71. The third-order valence-electron chi connectivity index (χ3n) is 2.98. The highest BCUT2D eigenvalue weighted by molar-refractivity contribution is 5.50. The molecule has 3 heteroatoms. The minimum Gasteiger partial charge on any atom is -0.391 e. The second kappa shape index (κ2) is 3.49. The number of aliphatic hydroxyl groups is 1. The SMILES string of the molecule is CC1(C)CC(O)CN1c1cccc(F)c1. The number of β-amino-alcohol motifs (C(OH)–C–C–N with tert-alkyl or cyclic N) is 1. The van der Waals surface area contributed by atoms with Crippen molar-refractivity contribution in [3.63, 3.8) is 0 Å². The lowest BCUT2D eigenvalue weighted by atomic mass is 10.0. The van der Waals surface area contributed by atoms with Crippen LogP contribution < -0.4 is 4.90 Å². The van der Waals surface area contributed by atoms with Gasteiger partial charge in [0.15, 0.2) is 0 Å². The molecule has 0 amide bonds. The maximum absolute atomic E-state index is 13.1. The number of rotatable bonds is 1. The van der Waals surface area contributed by atoms with E-state index in [-0.39, 0.29) is 17.5 Å². The van der Waals surface area contributed by atoms with Crippen molar-refractivity contribution >= 4 is 5.69 Å². The van der Waals surface area contributed by atoms with Crippen molar-refractivity contribution < 1.29 is 9.50 Å². The van der Waals surface area contributed by atoms with E-state index in [1.54, 1.807) is 6.07 Å². The van der Waals surface area contributed by atoms with Crippen molar-refractivity contribution in [2.75, 3.05) is 11.4 Å². The Bertz CT molecular complexity index is 364. The average molecular weight is 209 g/mol. The molecule has 1 aliphatic rings. The molecular weight excluding hydrogens is 193 g/mol. The monoisotopic (exact) mass is 209 g/mol. The Kier molecular flexibility index (Phi) is 2.43. The van der Waals surface area contributed by atoms with Crippen LogP contribution in [0.4, 0.5) is 10.1 Å². The van der Waals surface area contributed by atoms with Gasteiger partial charge in [-0.3, -0.25) is 0 Å². The lowest BCUT2D eigenvalue weighted by Crippen LogP contribution is -2.38. The van der Waals surface area contributed by atoms with E-state index in [1.807, 2.05) is 6.07 Å². The van der Waals surface area contributed by atoms with Crippen LogP contribution in [0, 0.1) is 5.82 Å². The summed E-state index contributed by atoms with van der Waals surface area (Å²) in [5, 5.41) is 9.63. The maximum Gasteiger partial charge on any atom is 0.125 e. The van der Waals surface area contributed by atoms with Gasteiger partial charge in [0.25, 0.3) is 0 Å². The van der Waals surface area contributed by atoms with E-state index in [0.717, 1.165) is 12.1 Å². The van der Waals surface area contributed by atoms with Crippen LogP contribution in [0.2, 0.25) is 0 Å². The molecule has 2 rings (SSSR count). The third kappa shape index (κ3) is 1.97. The van der Waals surface area contributed by atoms with Crippen molar-refractivity contribution in [3.05, 3.63) is 30.1 Å². The minimum atomic E-state index is -0.316. The summed E-state index contributed by atoms with van der Waals surface area (Å²) in [5.41, 5.74) is 0.740. The van der Waals surface area contributed by atoms with E-state index in [9.17, 15) is 9.50 Å². The summed E-state index contributed by atoms with van der Waals surface area (Å²) < 4.78 is 13.1. The van der Waals surface area contributed by atoms with Crippen LogP contribution in [0.5, 0.6) is 0 Å². The molecular formula is C12H16FNO. The zero-order valence-electron chi connectivity index (χ0n) is 9.07. The summed E-state index contributed by atoms with van der Waals surface area (Å²) in [7, 11) is 0. The fourth-order valence-electron chi connectivity index (χ4n) is 2.31. The van der Waals surface area contributed by atoms with Crippen molar-refractivity contribution in [1.82, 2.24) is 0 Å². The molecule has 1 saturated heterocycles. The molecule has 82 valence electrons. The highest BCUT2D eigenvalue weighted by atomic mass is 19.1. The van der Waals surface area contributed by atoms with Gasteiger partial charge in [0.1, 0.15) is 5.82 Å². The minimum absolute atomic E-state index is 0.104. The quantitative estimate of drug-likeness (QED) is 0.766. The van der Waals surface area contributed by atoms with Crippen LogP contribution in [-0.2, 0) is 0 Å². The second-order valence-corrected chi connectivity index (χ2v) is 4.76. The molecule has 0 aromatic heterocycles. The maximum atomic E-state index is 13.1. The molecule has 1 aromatic carbocycles. The van der Waals surface area contributed by atoms with Gasteiger partial charge in [-0.1, -0.05) is 6.07 Å². The first-order chi connectivity index (χ1) is 6.99. The Morgan fingerprint density at radius 1 is 1.47 bits per heavy atom. The van der Waals surface area contributed by atoms with E-state index < -0.39 is 0 Å². The number of hydrogen-bond donors (Lipinski definition) is 1. The first-order valence-electron chi connectivity index (χ1n) is 5.20. The molecule has 15 heavy (non-hydrogen) atoms. The van der Waals surface area contributed by atoms with Crippen LogP contribution in [0.15, 0.2) is 24.3 Å². The molecule has 1 aliphatic heterocycles. The summed E-state index contributed by atoms with van der Waals surface area (Å²) in [6.07, 6.45) is 0.409. The molecule has 0 radical (unpaired) electrons. The highest BCUT2D eigenvalue weighted by Gasteiger charge is 2.37. The number of aliphatic hydroxyl groups excluding tert-OH is 1. The fraction of sp³-hybridized carbons (Fsp3) is 0.500. The summed E-state index contributed by atoms with van der Waals surface area (Å²) in [6, 6.07) is 6.52. The smallest absolute Gasteiger partial charge is 0.125 e. The molecule has 0 spiro atoms. The predicted octanol–water partition coefficient (Wildman–Crippen LogP) is 2.18. The van der Waals surface area contributed by atoms with Crippen molar-refractivity contribution in [3.8, 4) is 0 Å². The van der Waals surface area contributed by atoms with Gasteiger partial charge in [-0.05, 0) is 38.5 Å². The largest absolute Gasteiger partial charge is 0.391 e. The van der Waals surface area contributed by atoms with Crippen LogP contribution in [0.3, 0.4) is 0 Å². The van der Waals surface area contributed by atoms with Gasteiger partial charge < -0.3 is 10.0 Å². The summed E-state index contributed by atoms with van der Waals surface area (Å²) in [5.74, 6) is -0.232. The lowest BCUT2D eigenvalue weighted by molar-refractivity contribution is 0.188. The topological polar surface area (TPSA) is 23.5 Å². The average Bonchev–Trinajstić information content (AvgIpc) is 2.39. The van der Waals surface area contributed by atoms with Crippen molar-refractivity contribution in [1.29, 1.82) is 0 Å². The van der Waals surface area contributed by atoms with E-state index >= 15 is 0 Å². The normalized spacial score (nSPS) is 24.5.